The molecule has 0 radical (unpaired) electrons. The van der Waals surface area contributed by atoms with Crippen LogP contribution in [0.15, 0.2) is 53.5 Å². The van der Waals surface area contributed by atoms with Crippen LogP contribution in [0, 0.1) is 6.92 Å². The smallest absolute Gasteiger partial charge is 0.251 e. The van der Waals surface area contributed by atoms with Gasteiger partial charge in [0.05, 0.1) is 20.2 Å². The van der Waals surface area contributed by atoms with Crippen molar-refractivity contribution >= 4 is 35.8 Å². The lowest BCUT2D eigenvalue weighted by Gasteiger charge is -2.13. The number of guanidine groups is 1. The highest BCUT2D eigenvalue weighted by Gasteiger charge is 2.07. The summed E-state index contributed by atoms with van der Waals surface area (Å²) in [6.45, 7) is 3.59. The SMILES string of the molecule is CNC(=O)c1cccc(CCNC(=NCc2ccc(OC)cc2)NCc2nnc(C)n2C)c1.I. The predicted molar refractivity (Wildman–Crippen MR) is 144 cm³/mol. The number of ether oxygens (including phenoxy) is 1. The first-order valence-electron chi connectivity index (χ1n) is 10.8. The highest BCUT2D eigenvalue weighted by Crippen LogP contribution is 2.12. The molecule has 34 heavy (non-hydrogen) atoms. The number of methoxy groups -OCH3 is 1. The van der Waals surface area contributed by atoms with E-state index in [0.717, 1.165) is 34.9 Å². The number of carbonyl (C=O) groups is 1. The molecule has 1 heterocycles. The number of amides is 1. The molecule has 2 aromatic carbocycles. The van der Waals surface area contributed by atoms with Crippen LogP contribution in [-0.4, -0.2) is 47.3 Å². The van der Waals surface area contributed by atoms with E-state index >= 15 is 0 Å². The number of aromatic nitrogens is 3. The van der Waals surface area contributed by atoms with Crippen LogP contribution in [0.25, 0.3) is 0 Å². The summed E-state index contributed by atoms with van der Waals surface area (Å²) < 4.78 is 7.16. The number of rotatable bonds is 9. The summed E-state index contributed by atoms with van der Waals surface area (Å²) in [5, 5.41) is 17.7. The zero-order valence-electron chi connectivity index (χ0n) is 20.0. The first kappa shape index (κ1) is 27.1. The van der Waals surface area contributed by atoms with Gasteiger partial charge < -0.3 is 25.3 Å². The lowest BCUT2D eigenvalue weighted by molar-refractivity contribution is 0.0963. The molecule has 0 bridgehead atoms. The van der Waals surface area contributed by atoms with E-state index in [4.69, 9.17) is 9.73 Å². The fourth-order valence-corrected chi connectivity index (χ4v) is 3.18. The Kier molecular flexibility index (Phi) is 10.8. The van der Waals surface area contributed by atoms with Gasteiger partial charge in [0, 0.05) is 26.2 Å². The van der Waals surface area contributed by atoms with E-state index in [2.05, 4.69) is 26.1 Å². The molecule has 10 heteroatoms. The summed E-state index contributed by atoms with van der Waals surface area (Å²) in [5.41, 5.74) is 2.80. The number of hydrogen-bond donors (Lipinski definition) is 3. The van der Waals surface area contributed by atoms with Crippen LogP contribution in [0.3, 0.4) is 0 Å². The molecule has 3 rings (SSSR count). The second kappa shape index (κ2) is 13.5. The maximum absolute atomic E-state index is 11.9. The fourth-order valence-electron chi connectivity index (χ4n) is 3.18. The van der Waals surface area contributed by atoms with E-state index in [1.54, 1.807) is 14.2 Å². The largest absolute Gasteiger partial charge is 0.497 e. The van der Waals surface area contributed by atoms with Gasteiger partial charge >= 0.3 is 0 Å². The van der Waals surface area contributed by atoms with Crippen LogP contribution in [0.5, 0.6) is 5.75 Å². The Morgan fingerprint density at radius 1 is 1.09 bits per heavy atom. The molecule has 0 spiro atoms. The molecule has 0 fully saturated rings. The third-order valence-electron chi connectivity index (χ3n) is 5.30. The maximum Gasteiger partial charge on any atom is 0.251 e. The van der Waals surface area contributed by atoms with Crippen molar-refractivity contribution in [3.63, 3.8) is 0 Å². The number of aryl methyl sites for hydroxylation is 1. The first-order valence-corrected chi connectivity index (χ1v) is 10.8. The predicted octanol–water partition coefficient (Wildman–Crippen LogP) is 2.59. The number of nitrogens with zero attached hydrogens (tertiary/aromatic N) is 4. The highest BCUT2D eigenvalue weighted by atomic mass is 127. The number of hydrogen-bond acceptors (Lipinski definition) is 5. The second-order valence-corrected chi connectivity index (χ2v) is 7.55. The Hall–Kier alpha value is -3.15. The van der Waals surface area contributed by atoms with Crippen LogP contribution in [-0.2, 0) is 26.6 Å². The number of halogens is 1. The molecule has 0 unspecified atom stereocenters. The summed E-state index contributed by atoms with van der Waals surface area (Å²) >= 11 is 0. The van der Waals surface area contributed by atoms with E-state index in [9.17, 15) is 4.79 Å². The molecule has 182 valence electrons. The molecule has 9 nitrogen and oxygen atoms in total. The quantitative estimate of drug-likeness (QED) is 0.205. The number of aliphatic imine (C=N–C) groups is 1. The molecule has 1 aromatic heterocycles. The van der Waals surface area contributed by atoms with Gasteiger partial charge in [-0.1, -0.05) is 24.3 Å². The van der Waals surface area contributed by atoms with Gasteiger partial charge in [-0.05, 0) is 48.7 Å². The van der Waals surface area contributed by atoms with Crippen LogP contribution in [0.2, 0.25) is 0 Å². The zero-order chi connectivity index (χ0) is 23.6. The van der Waals surface area contributed by atoms with Gasteiger partial charge in [0.2, 0.25) is 0 Å². The topological polar surface area (TPSA) is 105 Å². The molecule has 0 aliphatic carbocycles. The monoisotopic (exact) mass is 577 g/mol. The maximum atomic E-state index is 11.9. The van der Waals surface area contributed by atoms with Gasteiger partial charge in [0.15, 0.2) is 11.8 Å². The molecule has 0 atom stereocenters. The number of benzene rings is 2. The van der Waals surface area contributed by atoms with Crippen LogP contribution >= 0.6 is 24.0 Å². The number of carbonyl (C=O) groups excluding carboxylic acids is 1. The van der Waals surface area contributed by atoms with Crippen molar-refractivity contribution < 1.29 is 9.53 Å². The molecule has 0 aliphatic heterocycles. The molecular weight excluding hydrogens is 545 g/mol. The van der Waals surface area contributed by atoms with Crippen LogP contribution < -0.4 is 20.7 Å². The van der Waals surface area contributed by atoms with Crippen molar-refractivity contribution in [2.75, 3.05) is 20.7 Å². The van der Waals surface area contributed by atoms with Crippen molar-refractivity contribution in [1.82, 2.24) is 30.7 Å². The van der Waals surface area contributed by atoms with E-state index in [1.165, 1.54) is 0 Å². The van der Waals surface area contributed by atoms with E-state index < -0.39 is 0 Å². The standard InChI is InChI=1S/C24H31N7O2.HI/c1-17-29-30-22(31(17)3)16-28-24(27-15-19-8-10-21(33-4)11-9-19)26-13-12-18-6-5-7-20(14-18)23(32)25-2;/h5-11,14H,12-13,15-16H2,1-4H3,(H,25,32)(H2,26,27,28);1H. The summed E-state index contributed by atoms with van der Waals surface area (Å²) in [5.74, 6) is 3.08. The molecule has 0 saturated heterocycles. The molecule has 3 aromatic rings. The fraction of sp³-hybridized carbons (Fsp3) is 0.333. The highest BCUT2D eigenvalue weighted by molar-refractivity contribution is 14.0. The second-order valence-electron chi connectivity index (χ2n) is 7.55. The van der Waals surface area contributed by atoms with Crippen LogP contribution in [0.4, 0.5) is 0 Å². The van der Waals surface area contributed by atoms with E-state index in [1.807, 2.05) is 67.1 Å². The van der Waals surface area contributed by atoms with E-state index in [-0.39, 0.29) is 29.9 Å². The number of nitrogens with one attached hydrogen (secondary N) is 3. The average Bonchev–Trinajstić information content (AvgIpc) is 3.17. The van der Waals surface area contributed by atoms with Crippen molar-refractivity contribution in [2.24, 2.45) is 12.0 Å². The van der Waals surface area contributed by atoms with Crippen molar-refractivity contribution in [1.29, 1.82) is 0 Å². The zero-order valence-corrected chi connectivity index (χ0v) is 22.3. The van der Waals surface area contributed by atoms with Crippen molar-refractivity contribution in [2.45, 2.75) is 26.4 Å². The molecular formula is C24H32IN7O2. The minimum atomic E-state index is -0.0906. The van der Waals surface area contributed by atoms with Crippen LogP contribution in [0.1, 0.15) is 33.1 Å². The molecule has 0 saturated carbocycles. The first-order chi connectivity index (χ1) is 16.0. The van der Waals surface area contributed by atoms with Gasteiger partial charge in [-0.3, -0.25) is 4.79 Å². The Morgan fingerprint density at radius 2 is 1.85 bits per heavy atom. The Morgan fingerprint density at radius 3 is 2.50 bits per heavy atom. The minimum Gasteiger partial charge on any atom is -0.497 e. The van der Waals surface area contributed by atoms with E-state index in [0.29, 0.717) is 31.2 Å². The van der Waals surface area contributed by atoms with Crippen molar-refractivity contribution in [3.05, 3.63) is 76.9 Å². The Bertz CT molecular complexity index is 1100. The normalized spacial score (nSPS) is 10.9. The molecule has 0 aliphatic rings. The molecule has 3 N–H and O–H groups in total. The van der Waals surface area contributed by atoms with Gasteiger partial charge in [0.1, 0.15) is 11.6 Å². The van der Waals surface area contributed by atoms with Gasteiger partial charge in [0.25, 0.3) is 5.91 Å². The lowest BCUT2D eigenvalue weighted by Crippen LogP contribution is -2.38. The van der Waals surface area contributed by atoms with Gasteiger partial charge in [-0.25, -0.2) is 4.99 Å². The van der Waals surface area contributed by atoms with Crippen molar-refractivity contribution in [3.8, 4) is 5.75 Å². The Labute approximate surface area is 217 Å². The average molecular weight is 577 g/mol. The summed E-state index contributed by atoms with van der Waals surface area (Å²) in [6, 6.07) is 15.5. The van der Waals surface area contributed by atoms with Gasteiger partial charge in [-0.2, -0.15) is 0 Å². The Balaban J connectivity index is 0.00000408. The summed E-state index contributed by atoms with van der Waals surface area (Å²) in [7, 11) is 5.22. The third-order valence-corrected chi connectivity index (χ3v) is 5.30. The lowest BCUT2D eigenvalue weighted by atomic mass is 10.1. The van der Waals surface area contributed by atoms with Gasteiger partial charge in [-0.15, -0.1) is 34.2 Å². The molecule has 1 amide bonds. The summed E-state index contributed by atoms with van der Waals surface area (Å²) in [6.07, 6.45) is 0.747. The third kappa shape index (κ3) is 7.72. The summed E-state index contributed by atoms with van der Waals surface area (Å²) in [4.78, 5) is 16.6. The minimum absolute atomic E-state index is 0.